The van der Waals surface area contributed by atoms with Crippen LogP contribution in [0.25, 0.3) is 11.3 Å². The van der Waals surface area contributed by atoms with Gasteiger partial charge in [-0.05, 0) is 80.8 Å². The van der Waals surface area contributed by atoms with Crippen LogP contribution in [0.1, 0.15) is 47.2 Å². The van der Waals surface area contributed by atoms with E-state index in [1.54, 1.807) is 37.3 Å². The van der Waals surface area contributed by atoms with Crippen LogP contribution in [0, 0.1) is 6.92 Å². The molecule has 1 aliphatic carbocycles. The Morgan fingerprint density at radius 3 is 1.95 bits per heavy atom. The number of benzene rings is 3. The van der Waals surface area contributed by atoms with Crippen molar-refractivity contribution < 1.29 is 4.79 Å². The van der Waals surface area contributed by atoms with Crippen LogP contribution in [0.4, 0.5) is 0 Å². The molecule has 198 valence electrons. The van der Waals surface area contributed by atoms with Crippen molar-refractivity contribution in [3.8, 4) is 11.3 Å². The Morgan fingerprint density at radius 2 is 1.42 bits per heavy atom. The van der Waals surface area contributed by atoms with Gasteiger partial charge in [0.1, 0.15) is 5.82 Å². The van der Waals surface area contributed by atoms with Crippen molar-refractivity contribution in [1.82, 2.24) is 9.97 Å². The highest BCUT2D eigenvalue weighted by molar-refractivity contribution is 9.10. The van der Waals surface area contributed by atoms with Gasteiger partial charge in [0.15, 0.2) is 5.78 Å². The quantitative estimate of drug-likeness (QED) is 0.167. The topological polar surface area (TPSA) is 45.8 Å². The summed E-state index contributed by atoms with van der Waals surface area (Å²) in [7, 11) is 0. The number of carbonyl (C=O) groups is 1. The molecule has 3 aromatic carbocycles. The lowest BCUT2D eigenvalue weighted by Gasteiger charge is -2.15. The van der Waals surface area contributed by atoms with E-state index < -0.39 is 0 Å². The summed E-state index contributed by atoms with van der Waals surface area (Å²) in [6, 6.07) is 15.9. The van der Waals surface area contributed by atoms with E-state index >= 15 is 0 Å². The Balaban J connectivity index is 0.000000219. The van der Waals surface area contributed by atoms with Crippen LogP contribution >= 0.6 is 85.5 Å². The molecule has 1 unspecified atom stereocenters. The van der Waals surface area contributed by atoms with Gasteiger partial charge < -0.3 is 4.98 Å². The number of imidazole rings is 1. The molecule has 4 aromatic rings. The molecule has 1 atom stereocenters. The molecule has 0 saturated heterocycles. The highest BCUT2D eigenvalue weighted by atomic mass is 79.9. The first-order valence-corrected chi connectivity index (χ1v) is 14.7. The van der Waals surface area contributed by atoms with E-state index in [1.165, 1.54) is 0 Å². The van der Waals surface area contributed by atoms with Crippen LogP contribution in [-0.4, -0.2) is 20.6 Å². The van der Waals surface area contributed by atoms with Crippen LogP contribution in [0.3, 0.4) is 0 Å². The molecule has 1 aromatic heterocycles. The number of nitrogens with zero attached hydrogens (tertiary/aromatic N) is 1. The molecule has 1 fully saturated rings. The monoisotopic (exact) mass is 690 g/mol. The van der Waals surface area contributed by atoms with Crippen LogP contribution in [0.5, 0.6) is 0 Å². The molecule has 0 amide bonds. The van der Waals surface area contributed by atoms with Crippen LogP contribution in [0.15, 0.2) is 54.6 Å². The maximum Gasteiger partial charge on any atom is 0.177 e. The molecule has 1 saturated carbocycles. The molecule has 0 aliphatic heterocycles. The maximum absolute atomic E-state index is 11.5. The molecule has 1 N–H and O–H groups in total. The zero-order chi connectivity index (χ0) is 27.8. The van der Waals surface area contributed by atoms with E-state index in [-0.39, 0.29) is 16.0 Å². The lowest BCUT2D eigenvalue weighted by atomic mass is 9.95. The SMILES string of the molecule is CC(Br)C(=O)c1ccc(Cl)cc1Cl.Cc1[nH]c(C2(c3ccc(Cl)cc3Cl)CC2)nc1-c1ccc(Cl)cc1Cl. The maximum atomic E-state index is 11.5. The Kier molecular flexibility index (Phi) is 9.47. The Hall–Kier alpha value is -1.24. The molecule has 10 heteroatoms. The van der Waals surface area contributed by atoms with E-state index in [4.69, 9.17) is 74.6 Å². The van der Waals surface area contributed by atoms with Crippen molar-refractivity contribution in [2.24, 2.45) is 0 Å². The first-order chi connectivity index (χ1) is 17.9. The summed E-state index contributed by atoms with van der Waals surface area (Å²) in [5.74, 6) is 0.872. The van der Waals surface area contributed by atoms with Gasteiger partial charge in [-0.3, -0.25) is 4.79 Å². The van der Waals surface area contributed by atoms with Gasteiger partial charge in [-0.15, -0.1) is 0 Å². The average molecular weight is 694 g/mol. The van der Waals surface area contributed by atoms with Gasteiger partial charge in [0, 0.05) is 36.9 Å². The van der Waals surface area contributed by atoms with E-state index in [2.05, 4.69) is 20.9 Å². The Labute approximate surface area is 259 Å². The van der Waals surface area contributed by atoms with Gasteiger partial charge >= 0.3 is 0 Å². The van der Waals surface area contributed by atoms with Gasteiger partial charge in [0.05, 0.1) is 26.0 Å². The Morgan fingerprint density at radius 1 is 0.868 bits per heavy atom. The van der Waals surface area contributed by atoms with E-state index in [0.29, 0.717) is 35.7 Å². The number of nitrogens with one attached hydrogen (secondary N) is 1. The van der Waals surface area contributed by atoms with Gasteiger partial charge in [-0.25, -0.2) is 4.98 Å². The summed E-state index contributed by atoms with van der Waals surface area (Å²) >= 11 is 39.6. The zero-order valence-corrected chi connectivity index (χ0v) is 26.3. The van der Waals surface area contributed by atoms with E-state index in [0.717, 1.165) is 41.2 Å². The number of rotatable bonds is 5. The van der Waals surface area contributed by atoms with Crippen LogP contribution in [0.2, 0.25) is 30.1 Å². The molecule has 38 heavy (non-hydrogen) atoms. The molecule has 0 bridgehead atoms. The third-order valence-corrected chi connectivity index (χ3v) is 8.34. The number of alkyl halides is 1. The highest BCUT2D eigenvalue weighted by Gasteiger charge is 2.50. The summed E-state index contributed by atoms with van der Waals surface area (Å²) in [5, 5.41) is 3.42. The normalized spacial score (nSPS) is 14.4. The van der Waals surface area contributed by atoms with E-state index in [9.17, 15) is 4.79 Å². The second-order valence-corrected chi connectivity index (χ2v) is 12.9. The lowest BCUT2D eigenvalue weighted by Crippen LogP contribution is -2.11. The third kappa shape index (κ3) is 6.39. The second-order valence-electron chi connectivity index (χ2n) is 8.99. The number of Topliss-reactive ketones (excluding diaryl/α,β-unsaturated/α-hetero) is 1. The summed E-state index contributed by atoms with van der Waals surface area (Å²) in [4.78, 5) is 19.6. The second kappa shape index (κ2) is 12.1. The average Bonchev–Trinajstić information content (AvgIpc) is 3.55. The van der Waals surface area contributed by atoms with E-state index in [1.807, 2.05) is 31.2 Å². The largest absolute Gasteiger partial charge is 0.345 e. The van der Waals surface area contributed by atoms with Crippen molar-refractivity contribution in [1.29, 1.82) is 0 Å². The molecule has 1 heterocycles. The number of carbonyl (C=O) groups excluding carboxylic acids is 1. The number of hydrogen-bond acceptors (Lipinski definition) is 2. The third-order valence-electron chi connectivity index (χ3n) is 6.28. The number of hydrogen-bond donors (Lipinski definition) is 1. The molecule has 1 aliphatic rings. The number of aryl methyl sites for hydroxylation is 1. The van der Waals surface area contributed by atoms with Crippen LogP contribution in [-0.2, 0) is 5.41 Å². The highest BCUT2D eigenvalue weighted by Crippen LogP contribution is 2.55. The summed E-state index contributed by atoms with van der Waals surface area (Å²) in [6.45, 7) is 3.75. The fourth-order valence-electron chi connectivity index (χ4n) is 4.17. The lowest BCUT2D eigenvalue weighted by molar-refractivity contribution is 0.0996. The number of halogens is 7. The van der Waals surface area contributed by atoms with Gasteiger partial charge in [-0.1, -0.05) is 91.6 Å². The Bertz CT molecular complexity index is 1510. The summed E-state index contributed by atoms with van der Waals surface area (Å²) in [6.07, 6.45) is 1.99. The smallest absolute Gasteiger partial charge is 0.177 e. The standard InChI is InChI=1S/C19H14Cl4N2.C9H7BrCl2O/c1-10-17(13-4-2-11(20)8-15(13)22)25-18(24-10)19(6-7-19)14-5-3-12(21)9-16(14)23;1-5(10)9(13)7-3-2-6(11)4-8(7)12/h2-5,8-9H,6-7H2,1H3,(H,24,25);2-5H,1H3. The first-order valence-electron chi connectivity index (χ1n) is 11.5. The number of aromatic nitrogens is 2. The van der Waals surface area contributed by atoms with Gasteiger partial charge in [-0.2, -0.15) is 0 Å². The molecular formula is C28H21BrCl6N2O. The van der Waals surface area contributed by atoms with Gasteiger partial charge in [0.25, 0.3) is 0 Å². The van der Waals surface area contributed by atoms with Crippen molar-refractivity contribution >= 4 is 91.3 Å². The van der Waals surface area contributed by atoms with Crippen molar-refractivity contribution in [2.45, 2.75) is 36.9 Å². The summed E-state index contributed by atoms with van der Waals surface area (Å²) < 4.78 is 0. The predicted octanol–water partition coefficient (Wildman–Crippen LogP) is 11.0. The predicted molar refractivity (Wildman–Crippen MR) is 164 cm³/mol. The number of ketones is 1. The molecular weight excluding hydrogens is 673 g/mol. The number of aromatic amines is 1. The molecule has 5 rings (SSSR count). The molecule has 0 radical (unpaired) electrons. The number of H-pyrrole nitrogens is 1. The minimum absolute atomic E-state index is 0.0401. The fraction of sp³-hybridized carbons (Fsp3) is 0.214. The van der Waals surface area contributed by atoms with Gasteiger partial charge in [0.2, 0.25) is 0 Å². The van der Waals surface area contributed by atoms with Crippen molar-refractivity contribution in [3.05, 3.63) is 107 Å². The summed E-state index contributed by atoms with van der Waals surface area (Å²) in [5.41, 5.74) is 4.05. The molecule has 0 spiro atoms. The minimum Gasteiger partial charge on any atom is -0.345 e. The minimum atomic E-state index is -0.230. The van der Waals surface area contributed by atoms with Crippen molar-refractivity contribution in [3.63, 3.8) is 0 Å². The molecule has 3 nitrogen and oxygen atoms in total. The zero-order valence-electron chi connectivity index (χ0n) is 20.2. The van der Waals surface area contributed by atoms with Crippen molar-refractivity contribution in [2.75, 3.05) is 0 Å². The first kappa shape index (κ1) is 29.7. The van der Waals surface area contributed by atoms with Crippen LogP contribution < -0.4 is 0 Å². The fourth-order valence-corrected chi connectivity index (χ4v) is 6.01.